The summed E-state index contributed by atoms with van der Waals surface area (Å²) in [6, 6.07) is 8.37. The number of hydrogen-bond donors (Lipinski definition) is 1. The lowest BCUT2D eigenvalue weighted by Gasteiger charge is -2.28. The molecular weight excluding hydrogens is 324 g/mol. The van der Waals surface area contributed by atoms with Crippen molar-refractivity contribution in [1.29, 1.82) is 0 Å². The van der Waals surface area contributed by atoms with Crippen LogP contribution in [-0.4, -0.2) is 30.6 Å². The lowest BCUT2D eigenvalue weighted by Crippen LogP contribution is -2.24. The van der Waals surface area contributed by atoms with Gasteiger partial charge in [0.1, 0.15) is 13.2 Å². The van der Waals surface area contributed by atoms with Crippen molar-refractivity contribution in [1.82, 2.24) is 4.90 Å². The highest BCUT2D eigenvalue weighted by Gasteiger charge is 2.30. The van der Waals surface area contributed by atoms with Crippen LogP contribution in [0.5, 0.6) is 11.5 Å². The van der Waals surface area contributed by atoms with Gasteiger partial charge >= 0.3 is 0 Å². The highest BCUT2D eigenvalue weighted by atomic mass is 32.1. The number of nitrogens with zero attached hydrogens (tertiary/aromatic N) is 1. The van der Waals surface area contributed by atoms with Gasteiger partial charge < -0.3 is 15.2 Å². The Balaban J connectivity index is 1.58. The van der Waals surface area contributed by atoms with Gasteiger partial charge in [0, 0.05) is 28.4 Å². The molecule has 1 amide bonds. The number of nitrogens with two attached hydrogens (primary N) is 1. The third-order valence-corrected chi connectivity index (χ3v) is 5.54. The molecule has 1 atom stereocenters. The molecule has 5 nitrogen and oxygen atoms in total. The van der Waals surface area contributed by atoms with Gasteiger partial charge in [-0.25, -0.2) is 0 Å². The molecular formula is C18H20N2O3S. The van der Waals surface area contributed by atoms with Gasteiger partial charge in [0.25, 0.3) is 0 Å². The summed E-state index contributed by atoms with van der Waals surface area (Å²) in [5.41, 5.74) is 7.16. The number of amides is 1. The topological polar surface area (TPSA) is 64.8 Å². The Labute approximate surface area is 145 Å². The first-order chi connectivity index (χ1) is 11.7. The molecule has 6 heteroatoms. The number of para-hydroxylation sites is 1. The van der Waals surface area contributed by atoms with Crippen molar-refractivity contribution >= 4 is 17.2 Å². The van der Waals surface area contributed by atoms with E-state index in [0.29, 0.717) is 24.8 Å². The Hall–Kier alpha value is -2.05. The van der Waals surface area contributed by atoms with Crippen LogP contribution in [0.2, 0.25) is 0 Å². The highest BCUT2D eigenvalue weighted by Crippen LogP contribution is 2.43. The second kappa shape index (κ2) is 6.45. The Morgan fingerprint density at radius 1 is 1.33 bits per heavy atom. The lowest BCUT2D eigenvalue weighted by atomic mass is 10.0. The van der Waals surface area contributed by atoms with Crippen LogP contribution in [0.15, 0.2) is 29.6 Å². The monoisotopic (exact) mass is 344 g/mol. The molecule has 2 N–H and O–H groups in total. The van der Waals surface area contributed by atoms with Gasteiger partial charge in [-0.3, -0.25) is 9.69 Å². The van der Waals surface area contributed by atoms with Gasteiger partial charge in [0.2, 0.25) is 5.91 Å². The zero-order valence-corrected chi connectivity index (χ0v) is 14.2. The van der Waals surface area contributed by atoms with Crippen LogP contribution >= 0.6 is 11.3 Å². The molecule has 1 aromatic heterocycles. The fourth-order valence-electron chi connectivity index (χ4n) is 3.52. The van der Waals surface area contributed by atoms with E-state index in [4.69, 9.17) is 15.2 Å². The number of thiophene rings is 1. The van der Waals surface area contributed by atoms with E-state index < -0.39 is 0 Å². The SMILES string of the molecule is NC(=O)c1csc(CN2CCC[C@H]2c2cccc3c2OCCO3)c1. The van der Waals surface area contributed by atoms with Crippen LogP contribution in [0.1, 0.15) is 39.7 Å². The highest BCUT2D eigenvalue weighted by molar-refractivity contribution is 7.10. The largest absolute Gasteiger partial charge is 0.486 e. The van der Waals surface area contributed by atoms with Crippen LogP contribution in [0.25, 0.3) is 0 Å². The number of carbonyl (C=O) groups is 1. The molecule has 0 bridgehead atoms. The maximum atomic E-state index is 11.3. The molecule has 0 radical (unpaired) electrons. The smallest absolute Gasteiger partial charge is 0.249 e. The fourth-order valence-corrected chi connectivity index (χ4v) is 4.42. The second-order valence-electron chi connectivity index (χ2n) is 6.17. The molecule has 4 rings (SSSR count). The van der Waals surface area contributed by atoms with Crippen molar-refractivity contribution in [2.75, 3.05) is 19.8 Å². The number of primary amides is 1. The summed E-state index contributed by atoms with van der Waals surface area (Å²) in [7, 11) is 0. The third-order valence-electron chi connectivity index (χ3n) is 4.62. The standard InChI is InChI=1S/C18H20N2O3S/c19-18(21)12-9-13(24-11-12)10-20-6-2-4-15(20)14-3-1-5-16-17(14)23-8-7-22-16/h1,3,5,9,11,15H,2,4,6-8,10H2,(H2,19,21)/t15-/m0/s1. The predicted molar refractivity (Wildman–Crippen MR) is 92.7 cm³/mol. The molecule has 1 saturated heterocycles. The van der Waals surface area contributed by atoms with E-state index in [1.54, 1.807) is 11.3 Å². The molecule has 1 fully saturated rings. The summed E-state index contributed by atoms with van der Waals surface area (Å²) in [5, 5.41) is 1.84. The predicted octanol–water partition coefficient (Wildman–Crippen LogP) is 2.96. The summed E-state index contributed by atoms with van der Waals surface area (Å²) >= 11 is 1.59. The first kappa shape index (κ1) is 15.5. The number of fused-ring (bicyclic) bond motifs is 1. The van der Waals surface area contributed by atoms with E-state index in [2.05, 4.69) is 11.0 Å². The van der Waals surface area contributed by atoms with Crippen molar-refractivity contribution in [2.24, 2.45) is 5.73 Å². The Morgan fingerprint density at radius 2 is 2.21 bits per heavy atom. The van der Waals surface area contributed by atoms with Gasteiger partial charge in [0.15, 0.2) is 11.5 Å². The summed E-state index contributed by atoms with van der Waals surface area (Å²) in [6.45, 7) is 3.08. The average Bonchev–Trinajstić information content (AvgIpc) is 3.24. The zero-order chi connectivity index (χ0) is 16.5. The molecule has 24 heavy (non-hydrogen) atoms. The van der Waals surface area contributed by atoms with Gasteiger partial charge in [-0.2, -0.15) is 0 Å². The maximum absolute atomic E-state index is 11.3. The van der Waals surface area contributed by atoms with E-state index in [-0.39, 0.29) is 5.91 Å². The Kier molecular flexibility index (Phi) is 4.16. The number of rotatable bonds is 4. The van der Waals surface area contributed by atoms with Crippen LogP contribution in [-0.2, 0) is 6.54 Å². The Morgan fingerprint density at radius 3 is 3.04 bits per heavy atom. The average molecular weight is 344 g/mol. The molecule has 3 heterocycles. The number of likely N-dealkylation sites (tertiary alicyclic amines) is 1. The normalized spacial score (nSPS) is 20.2. The van der Waals surface area contributed by atoms with Crippen LogP contribution in [0, 0.1) is 0 Å². The molecule has 1 aromatic carbocycles. The van der Waals surface area contributed by atoms with Crippen LogP contribution < -0.4 is 15.2 Å². The van der Waals surface area contributed by atoms with Crippen molar-refractivity contribution in [2.45, 2.75) is 25.4 Å². The third kappa shape index (κ3) is 2.87. The van der Waals surface area contributed by atoms with Crippen molar-refractivity contribution < 1.29 is 14.3 Å². The number of carbonyl (C=O) groups excluding carboxylic acids is 1. The summed E-state index contributed by atoms with van der Waals surface area (Å²) in [5.74, 6) is 1.38. The van der Waals surface area contributed by atoms with Gasteiger partial charge in [-0.15, -0.1) is 11.3 Å². The van der Waals surface area contributed by atoms with Gasteiger partial charge in [-0.05, 0) is 31.5 Å². The van der Waals surface area contributed by atoms with Crippen LogP contribution in [0.3, 0.4) is 0 Å². The zero-order valence-electron chi connectivity index (χ0n) is 13.4. The van der Waals surface area contributed by atoms with E-state index in [1.165, 1.54) is 5.56 Å². The number of hydrogen-bond acceptors (Lipinski definition) is 5. The van der Waals surface area contributed by atoms with E-state index >= 15 is 0 Å². The maximum Gasteiger partial charge on any atom is 0.249 e. The first-order valence-corrected chi connectivity index (χ1v) is 9.10. The Bertz CT molecular complexity index is 758. The minimum absolute atomic E-state index is 0.320. The molecule has 2 aliphatic heterocycles. The fraction of sp³-hybridized carbons (Fsp3) is 0.389. The summed E-state index contributed by atoms with van der Waals surface area (Å²) in [6.07, 6.45) is 2.26. The van der Waals surface area contributed by atoms with Gasteiger partial charge in [-0.1, -0.05) is 12.1 Å². The van der Waals surface area contributed by atoms with Crippen molar-refractivity contribution in [3.05, 3.63) is 45.6 Å². The molecule has 0 aliphatic carbocycles. The molecule has 2 aromatic rings. The quantitative estimate of drug-likeness (QED) is 0.926. The van der Waals surface area contributed by atoms with E-state index in [9.17, 15) is 4.79 Å². The number of ether oxygens (including phenoxy) is 2. The number of benzene rings is 1. The summed E-state index contributed by atoms with van der Waals surface area (Å²) < 4.78 is 11.6. The molecule has 2 aliphatic rings. The molecule has 0 saturated carbocycles. The minimum Gasteiger partial charge on any atom is -0.486 e. The first-order valence-electron chi connectivity index (χ1n) is 8.22. The van der Waals surface area contributed by atoms with Crippen molar-refractivity contribution in [3.8, 4) is 11.5 Å². The van der Waals surface area contributed by atoms with Crippen molar-refractivity contribution in [3.63, 3.8) is 0 Å². The second-order valence-corrected chi connectivity index (χ2v) is 7.16. The lowest BCUT2D eigenvalue weighted by molar-refractivity contribution is 0.100. The molecule has 0 spiro atoms. The van der Waals surface area contributed by atoms with Gasteiger partial charge in [0.05, 0.1) is 5.56 Å². The minimum atomic E-state index is -0.363. The van der Waals surface area contributed by atoms with Crippen LogP contribution in [0.4, 0.5) is 0 Å². The van der Waals surface area contributed by atoms with E-state index in [0.717, 1.165) is 42.3 Å². The molecule has 0 unspecified atom stereocenters. The van der Waals surface area contributed by atoms with E-state index in [1.807, 2.05) is 23.6 Å². The summed E-state index contributed by atoms with van der Waals surface area (Å²) in [4.78, 5) is 14.9. The molecule has 126 valence electrons.